The van der Waals surface area contributed by atoms with Crippen LogP contribution >= 0.6 is 0 Å². The molecule has 0 radical (unpaired) electrons. The molecule has 1 amide bonds. The summed E-state index contributed by atoms with van der Waals surface area (Å²) in [5.41, 5.74) is 3.35. The lowest BCUT2D eigenvalue weighted by Gasteiger charge is -2.22. The minimum atomic E-state index is -0.832. The van der Waals surface area contributed by atoms with Crippen LogP contribution in [-0.4, -0.2) is 21.6 Å². The summed E-state index contributed by atoms with van der Waals surface area (Å²) >= 11 is 0. The van der Waals surface area contributed by atoms with E-state index >= 15 is 0 Å². The summed E-state index contributed by atoms with van der Waals surface area (Å²) in [5.74, 6) is -0.944. The molecule has 1 aliphatic rings. The number of nitrogens with zero attached hydrogens (tertiary/aromatic N) is 2. The Hall–Kier alpha value is -2.43. The van der Waals surface area contributed by atoms with Crippen LogP contribution in [-0.2, 0) is 4.79 Å². The fourth-order valence-corrected chi connectivity index (χ4v) is 2.39. The zero-order valence-electron chi connectivity index (χ0n) is 11.6. The lowest BCUT2D eigenvalue weighted by molar-refractivity contribution is -0.117. The van der Waals surface area contributed by atoms with E-state index in [0.29, 0.717) is 11.4 Å². The van der Waals surface area contributed by atoms with Crippen LogP contribution in [0.2, 0.25) is 0 Å². The van der Waals surface area contributed by atoms with Crippen LogP contribution in [0.1, 0.15) is 33.1 Å². The van der Waals surface area contributed by atoms with Gasteiger partial charge in [0.15, 0.2) is 0 Å². The second-order valence-electron chi connectivity index (χ2n) is 5.14. The van der Waals surface area contributed by atoms with E-state index < -0.39 is 5.92 Å². The van der Waals surface area contributed by atoms with Crippen molar-refractivity contribution in [3.8, 4) is 0 Å². The number of hydrogen-bond donors (Lipinski definition) is 1. The van der Waals surface area contributed by atoms with Crippen LogP contribution in [0.4, 0.5) is 5.82 Å². The molecule has 1 N–H and O–H groups in total. The lowest BCUT2D eigenvalue weighted by atomic mass is 9.95. The number of carbonyl (C=O) groups is 2. The number of aromatic nitrogens is 2. The van der Waals surface area contributed by atoms with Crippen LogP contribution in [0.3, 0.4) is 0 Å². The molecule has 5 heteroatoms. The first kappa shape index (κ1) is 12.6. The van der Waals surface area contributed by atoms with E-state index in [9.17, 15) is 9.59 Å². The van der Waals surface area contributed by atoms with E-state index in [1.165, 1.54) is 4.68 Å². The van der Waals surface area contributed by atoms with Gasteiger partial charge in [-0.1, -0.05) is 29.8 Å². The van der Waals surface area contributed by atoms with Crippen LogP contribution in [0.5, 0.6) is 0 Å². The third-order valence-corrected chi connectivity index (χ3v) is 3.73. The van der Waals surface area contributed by atoms with E-state index in [-0.39, 0.29) is 11.8 Å². The third-order valence-electron chi connectivity index (χ3n) is 3.73. The van der Waals surface area contributed by atoms with E-state index in [1.807, 2.05) is 45.0 Å². The molecular weight excluding hydrogens is 254 g/mol. The van der Waals surface area contributed by atoms with Crippen LogP contribution < -0.4 is 5.32 Å². The Kier molecular flexibility index (Phi) is 2.71. The second-order valence-corrected chi connectivity index (χ2v) is 5.14. The number of nitrogens with one attached hydrogen (secondary N) is 1. The number of benzene rings is 1. The van der Waals surface area contributed by atoms with Gasteiger partial charge in [-0.15, -0.1) is 0 Å². The van der Waals surface area contributed by atoms with Crippen molar-refractivity contribution in [1.82, 2.24) is 9.78 Å². The molecule has 1 unspecified atom stereocenters. The topological polar surface area (TPSA) is 64.0 Å². The quantitative estimate of drug-likeness (QED) is 0.807. The number of amides is 1. The molecule has 1 atom stereocenters. The number of rotatable bonds is 1. The molecule has 20 heavy (non-hydrogen) atoms. The molecule has 1 aromatic carbocycles. The van der Waals surface area contributed by atoms with E-state index in [1.54, 1.807) is 0 Å². The smallest absolute Gasteiger partial charge is 0.265 e. The predicted octanol–water partition coefficient (Wildman–Crippen LogP) is 2.18. The highest BCUT2D eigenvalue weighted by Gasteiger charge is 2.37. The Balaban J connectivity index is 2.08. The van der Waals surface area contributed by atoms with Gasteiger partial charge >= 0.3 is 0 Å². The summed E-state index contributed by atoms with van der Waals surface area (Å²) in [6.07, 6.45) is 0. The fraction of sp³-hybridized carbons (Fsp3) is 0.267. The van der Waals surface area contributed by atoms with Gasteiger partial charge in [0.1, 0.15) is 11.7 Å². The molecule has 102 valence electrons. The lowest BCUT2D eigenvalue weighted by Crippen LogP contribution is -2.38. The molecule has 0 saturated heterocycles. The molecular formula is C15H15N3O2. The van der Waals surface area contributed by atoms with Gasteiger partial charge in [0, 0.05) is 5.56 Å². The normalized spacial score (nSPS) is 17.9. The zero-order valence-corrected chi connectivity index (χ0v) is 11.6. The molecule has 0 bridgehead atoms. The molecule has 2 heterocycles. The first-order valence-electron chi connectivity index (χ1n) is 6.47. The SMILES string of the molecule is Cc1ccc(C2C(=O)Nc3c(C)c(C)nn3C2=O)cc1. The summed E-state index contributed by atoms with van der Waals surface area (Å²) in [7, 11) is 0. The van der Waals surface area contributed by atoms with Gasteiger partial charge in [-0.3, -0.25) is 9.59 Å². The molecule has 0 fully saturated rings. The van der Waals surface area contributed by atoms with Gasteiger partial charge in [-0.05, 0) is 26.3 Å². The maximum Gasteiger partial charge on any atom is 0.265 e. The van der Waals surface area contributed by atoms with Crippen molar-refractivity contribution >= 4 is 17.6 Å². The van der Waals surface area contributed by atoms with Gasteiger partial charge in [0.25, 0.3) is 5.91 Å². The van der Waals surface area contributed by atoms with E-state index in [2.05, 4.69) is 10.4 Å². The first-order valence-corrected chi connectivity index (χ1v) is 6.47. The average Bonchev–Trinajstić information content (AvgIpc) is 2.69. The summed E-state index contributed by atoms with van der Waals surface area (Å²) in [6.45, 7) is 5.62. The maximum absolute atomic E-state index is 12.5. The number of carbonyl (C=O) groups excluding carboxylic acids is 2. The molecule has 1 aromatic heterocycles. The summed E-state index contributed by atoms with van der Waals surface area (Å²) in [5, 5.41) is 7.00. The third kappa shape index (κ3) is 1.74. The average molecular weight is 269 g/mol. The Morgan fingerprint density at radius 2 is 1.75 bits per heavy atom. The van der Waals surface area contributed by atoms with E-state index in [0.717, 1.165) is 16.8 Å². The highest BCUT2D eigenvalue weighted by molar-refractivity contribution is 6.15. The summed E-state index contributed by atoms with van der Waals surface area (Å²) in [4.78, 5) is 24.8. The second kappa shape index (κ2) is 4.30. The molecule has 5 nitrogen and oxygen atoms in total. The summed E-state index contributed by atoms with van der Waals surface area (Å²) < 4.78 is 1.30. The van der Waals surface area contributed by atoms with Crippen LogP contribution in [0.15, 0.2) is 24.3 Å². The predicted molar refractivity (Wildman–Crippen MR) is 74.9 cm³/mol. The molecule has 0 spiro atoms. The zero-order chi connectivity index (χ0) is 14.4. The van der Waals surface area contributed by atoms with Gasteiger partial charge in [0.2, 0.25) is 5.91 Å². The van der Waals surface area contributed by atoms with Crippen molar-refractivity contribution in [3.63, 3.8) is 0 Å². The number of anilines is 1. The fourth-order valence-electron chi connectivity index (χ4n) is 2.39. The van der Waals surface area contributed by atoms with Crippen molar-refractivity contribution in [2.75, 3.05) is 5.32 Å². The van der Waals surface area contributed by atoms with Crippen LogP contribution in [0, 0.1) is 20.8 Å². The Morgan fingerprint density at radius 1 is 1.10 bits per heavy atom. The van der Waals surface area contributed by atoms with Crippen molar-refractivity contribution in [2.24, 2.45) is 0 Å². The maximum atomic E-state index is 12.5. The summed E-state index contributed by atoms with van der Waals surface area (Å²) in [6, 6.07) is 7.41. The molecule has 3 rings (SSSR count). The van der Waals surface area contributed by atoms with Gasteiger partial charge in [-0.2, -0.15) is 9.78 Å². The van der Waals surface area contributed by atoms with Gasteiger partial charge in [0.05, 0.1) is 5.69 Å². The van der Waals surface area contributed by atoms with Crippen LogP contribution in [0.25, 0.3) is 0 Å². The molecule has 0 aliphatic carbocycles. The first-order chi connectivity index (χ1) is 9.49. The van der Waals surface area contributed by atoms with Crippen molar-refractivity contribution in [1.29, 1.82) is 0 Å². The molecule has 0 saturated carbocycles. The standard InChI is InChI=1S/C15H15N3O2/c1-8-4-6-11(7-5-8)12-14(19)16-13-9(2)10(3)17-18(13)15(12)20/h4-7,12H,1-3H3,(H,16,19). The minimum absolute atomic E-state index is 0.297. The van der Waals surface area contributed by atoms with Gasteiger partial charge < -0.3 is 5.32 Å². The van der Waals surface area contributed by atoms with Gasteiger partial charge in [-0.25, -0.2) is 0 Å². The monoisotopic (exact) mass is 269 g/mol. The Bertz CT molecular complexity index is 713. The minimum Gasteiger partial charge on any atom is -0.309 e. The molecule has 2 aromatic rings. The number of aryl methyl sites for hydroxylation is 2. The molecule has 1 aliphatic heterocycles. The van der Waals surface area contributed by atoms with Crippen molar-refractivity contribution < 1.29 is 9.59 Å². The van der Waals surface area contributed by atoms with Crippen molar-refractivity contribution in [3.05, 3.63) is 46.6 Å². The largest absolute Gasteiger partial charge is 0.309 e. The highest BCUT2D eigenvalue weighted by Crippen LogP contribution is 2.29. The number of hydrogen-bond acceptors (Lipinski definition) is 3. The Labute approximate surface area is 116 Å². The van der Waals surface area contributed by atoms with Crippen molar-refractivity contribution in [2.45, 2.75) is 26.7 Å². The number of fused-ring (bicyclic) bond motifs is 1. The van der Waals surface area contributed by atoms with E-state index in [4.69, 9.17) is 0 Å². The Morgan fingerprint density at radius 3 is 2.40 bits per heavy atom. The highest BCUT2D eigenvalue weighted by atomic mass is 16.2.